The summed E-state index contributed by atoms with van der Waals surface area (Å²) in [4.78, 5) is 12.3. The zero-order chi connectivity index (χ0) is 19.6. The van der Waals surface area contributed by atoms with Crippen molar-refractivity contribution in [3.63, 3.8) is 0 Å². The maximum atomic E-state index is 12.3. The summed E-state index contributed by atoms with van der Waals surface area (Å²) in [6.45, 7) is 10.1. The molecule has 1 aromatic carbocycles. The van der Waals surface area contributed by atoms with Crippen LogP contribution in [0.5, 0.6) is 0 Å². The van der Waals surface area contributed by atoms with Gasteiger partial charge in [0.2, 0.25) is 16.9 Å². The molecule has 2 heterocycles. The van der Waals surface area contributed by atoms with E-state index < -0.39 is 0 Å². The first-order chi connectivity index (χ1) is 12.8. The van der Waals surface area contributed by atoms with Gasteiger partial charge in [0.25, 0.3) is 0 Å². The molecule has 1 amide bonds. The maximum absolute atomic E-state index is 12.3. The van der Waals surface area contributed by atoms with Crippen LogP contribution in [0.15, 0.2) is 33.9 Å². The number of carbonyl (C=O) groups excluding carboxylic acids is 1. The van der Waals surface area contributed by atoms with E-state index in [1.165, 1.54) is 11.8 Å². The smallest absolute Gasteiger partial charge is 0.237 e. The van der Waals surface area contributed by atoms with Crippen molar-refractivity contribution in [1.82, 2.24) is 25.4 Å². The van der Waals surface area contributed by atoms with Gasteiger partial charge in [-0.1, -0.05) is 55.9 Å². The van der Waals surface area contributed by atoms with Crippen molar-refractivity contribution in [2.75, 3.05) is 11.1 Å². The SMILES string of the molecule is Cc1cccc(C)c1-n1nnnc1SCC(=O)Nc1cc(C(C)(C)C)no1. The quantitative estimate of drug-likeness (QED) is 0.672. The number of anilines is 1. The van der Waals surface area contributed by atoms with Gasteiger partial charge in [0.05, 0.1) is 17.1 Å². The maximum Gasteiger partial charge on any atom is 0.237 e. The van der Waals surface area contributed by atoms with Crippen molar-refractivity contribution in [2.45, 2.75) is 45.2 Å². The highest BCUT2D eigenvalue weighted by molar-refractivity contribution is 7.99. The Balaban J connectivity index is 1.67. The van der Waals surface area contributed by atoms with E-state index in [0.717, 1.165) is 22.5 Å². The molecule has 0 bridgehead atoms. The molecule has 3 rings (SSSR count). The molecule has 0 aliphatic rings. The fourth-order valence-corrected chi connectivity index (χ4v) is 3.22. The van der Waals surface area contributed by atoms with Crippen molar-refractivity contribution in [1.29, 1.82) is 0 Å². The predicted octanol–water partition coefficient (Wildman–Crippen LogP) is 3.30. The fraction of sp³-hybridized carbons (Fsp3) is 0.389. The minimum absolute atomic E-state index is 0.144. The molecule has 0 fully saturated rings. The van der Waals surface area contributed by atoms with E-state index in [0.29, 0.717) is 11.0 Å². The number of nitrogens with zero attached hydrogens (tertiary/aromatic N) is 5. The van der Waals surface area contributed by atoms with E-state index in [1.54, 1.807) is 10.7 Å². The first-order valence-corrected chi connectivity index (χ1v) is 9.49. The zero-order valence-corrected chi connectivity index (χ0v) is 16.8. The molecule has 0 atom stereocenters. The molecule has 0 unspecified atom stereocenters. The molecular formula is C18H22N6O2S. The van der Waals surface area contributed by atoms with Gasteiger partial charge < -0.3 is 4.52 Å². The van der Waals surface area contributed by atoms with Crippen LogP contribution in [0, 0.1) is 13.8 Å². The number of benzene rings is 1. The van der Waals surface area contributed by atoms with Gasteiger partial charge in [-0.3, -0.25) is 10.1 Å². The lowest BCUT2D eigenvalue weighted by Crippen LogP contribution is -2.15. The van der Waals surface area contributed by atoms with Gasteiger partial charge >= 0.3 is 0 Å². The van der Waals surface area contributed by atoms with Gasteiger partial charge in [-0.2, -0.15) is 4.68 Å². The molecule has 0 saturated heterocycles. The van der Waals surface area contributed by atoms with E-state index in [1.807, 2.05) is 52.8 Å². The van der Waals surface area contributed by atoms with Crippen molar-refractivity contribution in [2.24, 2.45) is 0 Å². The van der Waals surface area contributed by atoms with E-state index in [4.69, 9.17) is 4.52 Å². The molecule has 27 heavy (non-hydrogen) atoms. The van der Waals surface area contributed by atoms with Crippen LogP contribution in [0.1, 0.15) is 37.6 Å². The van der Waals surface area contributed by atoms with Crippen LogP contribution < -0.4 is 5.32 Å². The number of thioether (sulfide) groups is 1. The molecule has 0 aliphatic heterocycles. The van der Waals surface area contributed by atoms with Crippen LogP contribution in [-0.2, 0) is 10.2 Å². The summed E-state index contributed by atoms with van der Waals surface area (Å²) in [6.07, 6.45) is 0. The Bertz CT molecular complexity index is 937. The second-order valence-corrected chi connectivity index (χ2v) is 8.22. The Morgan fingerprint density at radius 1 is 1.26 bits per heavy atom. The van der Waals surface area contributed by atoms with Crippen LogP contribution in [-0.4, -0.2) is 37.0 Å². The number of carbonyl (C=O) groups is 1. The summed E-state index contributed by atoms with van der Waals surface area (Å²) < 4.78 is 6.85. The number of nitrogens with one attached hydrogen (secondary N) is 1. The average Bonchev–Trinajstić information content (AvgIpc) is 3.22. The lowest BCUT2D eigenvalue weighted by atomic mass is 9.92. The van der Waals surface area contributed by atoms with Crippen molar-refractivity contribution in [3.8, 4) is 5.69 Å². The number of hydrogen-bond acceptors (Lipinski definition) is 7. The third-order valence-corrected chi connectivity index (χ3v) is 4.89. The molecule has 0 saturated carbocycles. The van der Waals surface area contributed by atoms with Crippen LogP contribution in [0.2, 0.25) is 0 Å². The minimum Gasteiger partial charge on any atom is -0.338 e. The van der Waals surface area contributed by atoms with Crippen LogP contribution in [0.4, 0.5) is 5.88 Å². The number of rotatable bonds is 5. The Labute approximate surface area is 161 Å². The standard InChI is InChI=1S/C18H22N6O2S/c1-11-7-6-8-12(2)16(11)24-17(20-22-23-24)27-10-14(25)19-15-9-13(21-26-15)18(3,4)5/h6-9H,10H2,1-5H3,(H,19,25). The lowest BCUT2D eigenvalue weighted by Gasteiger charge is -2.12. The lowest BCUT2D eigenvalue weighted by molar-refractivity contribution is -0.113. The molecule has 3 aromatic rings. The second-order valence-electron chi connectivity index (χ2n) is 7.28. The topological polar surface area (TPSA) is 98.7 Å². The Hall–Kier alpha value is -2.68. The Morgan fingerprint density at radius 2 is 1.96 bits per heavy atom. The summed E-state index contributed by atoms with van der Waals surface area (Å²) >= 11 is 1.26. The number of tetrazole rings is 1. The van der Waals surface area contributed by atoms with Crippen LogP contribution in [0.3, 0.4) is 0 Å². The first-order valence-electron chi connectivity index (χ1n) is 8.50. The molecule has 9 heteroatoms. The monoisotopic (exact) mass is 386 g/mol. The normalized spacial score (nSPS) is 11.6. The molecule has 8 nitrogen and oxygen atoms in total. The van der Waals surface area contributed by atoms with Gasteiger partial charge in [-0.15, -0.1) is 5.10 Å². The number of amides is 1. The van der Waals surface area contributed by atoms with Crippen molar-refractivity contribution < 1.29 is 9.32 Å². The number of hydrogen-bond donors (Lipinski definition) is 1. The number of aromatic nitrogens is 5. The molecule has 0 spiro atoms. The summed E-state index contributed by atoms with van der Waals surface area (Å²) in [5.74, 6) is 0.268. The Kier molecular flexibility index (Phi) is 5.31. The first kappa shape index (κ1) is 19.1. The predicted molar refractivity (Wildman–Crippen MR) is 103 cm³/mol. The summed E-state index contributed by atoms with van der Waals surface area (Å²) in [7, 11) is 0. The van der Waals surface area contributed by atoms with Crippen molar-refractivity contribution in [3.05, 3.63) is 41.1 Å². The summed E-state index contributed by atoms with van der Waals surface area (Å²) in [6, 6.07) is 7.73. The molecule has 2 aromatic heterocycles. The second kappa shape index (κ2) is 7.51. The molecular weight excluding hydrogens is 364 g/mol. The van der Waals surface area contributed by atoms with Crippen LogP contribution in [0.25, 0.3) is 5.69 Å². The van der Waals surface area contributed by atoms with E-state index in [9.17, 15) is 4.79 Å². The molecule has 0 radical (unpaired) electrons. The van der Waals surface area contributed by atoms with E-state index in [2.05, 4.69) is 26.0 Å². The van der Waals surface area contributed by atoms with E-state index in [-0.39, 0.29) is 17.1 Å². The third kappa shape index (κ3) is 4.36. The highest BCUT2D eigenvalue weighted by atomic mass is 32.2. The highest BCUT2D eigenvalue weighted by Crippen LogP contribution is 2.25. The molecule has 142 valence electrons. The largest absolute Gasteiger partial charge is 0.338 e. The zero-order valence-electron chi connectivity index (χ0n) is 16.0. The number of para-hydroxylation sites is 1. The Morgan fingerprint density at radius 3 is 2.59 bits per heavy atom. The summed E-state index contributed by atoms with van der Waals surface area (Å²) in [5, 5.41) is 19.1. The van der Waals surface area contributed by atoms with Crippen LogP contribution >= 0.6 is 11.8 Å². The van der Waals surface area contributed by atoms with Gasteiger partial charge in [-0.25, -0.2) is 0 Å². The highest BCUT2D eigenvalue weighted by Gasteiger charge is 2.20. The molecule has 1 N–H and O–H groups in total. The van der Waals surface area contributed by atoms with Gasteiger partial charge in [0, 0.05) is 11.5 Å². The van der Waals surface area contributed by atoms with Gasteiger partial charge in [-0.05, 0) is 35.4 Å². The average molecular weight is 386 g/mol. The third-order valence-electron chi connectivity index (χ3n) is 3.97. The minimum atomic E-state index is -0.215. The van der Waals surface area contributed by atoms with Crippen molar-refractivity contribution >= 4 is 23.6 Å². The van der Waals surface area contributed by atoms with Gasteiger partial charge in [0.15, 0.2) is 0 Å². The molecule has 0 aliphatic carbocycles. The summed E-state index contributed by atoms with van der Waals surface area (Å²) in [5.41, 5.74) is 3.68. The van der Waals surface area contributed by atoms with Gasteiger partial charge in [0.1, 0.15) is 0 Å². The fourth-order valence-electron chi connectivity index (χ4n) is 2.54. The number of aryl methyl sites for hydroxylation is 2. The van der Waals surface area contributed by atoms with E-state index >= 15 is 0 Å².